The summed E-state index contributed by atoms with van der Waals surface area (Å²) in [7, 11) is 0. The molecule has 1 aliphatic rings. The van der Waals surface area contributed by atoms with Gasteiger partial charge in [0.2, 0.25) is 0 Å². The van der Waals surface area contributed by atoms with Crippen molar-refractivity contribution in [2.45, 2.75) is 55.6 Å². The number of hydrogen-bond acceptors (Lipinski definition) is 0. The summed E-state index contributed by atoms with van der Waals surface area (Å²) in [6.45, 7) is 4.89. The van der Waals surface area contributed by atoms with Crippen molar-refractivity contribution >= 4 is 13.3 Å². The van der Waals surface area contributed by atoms with Gasteiger partial charge in [-0.1, -0.05) is 0 Å². The van der Waals surface area contributed by atoms with Gasteiger partial charge in [-0.25, -0.2) is 0 Å². The van der Waals surface area contributed by atoms with E-state index in [2.05, 4.69) is 31.1 Å². The molecule has 1 rings (SSSR count). The number of hydrogen-bond donors (Lipinski definition) is 0. The Kier molecular flexibility index (Phi) is 3.91. The van der Waals surface area contributed by atoms with E-state index in [1.54, 1.807) is 5.25 Å². The molecular weight excluding hydrogens is 217 g/mol. The fourth-order valence-electron chi connectivity index (χ4n) is 3.15. The van der Waals surface area contributed by atoms with E-state index in [4.69, 9.17) is 0 Å². The second-order valence-electron chi connectivity index (χ2n) is 6.55. The molecule has 1 unspecified atom stereocenters. The van der Waals surface area contributed by atoms with Crippen LogP contribution in [-0.2, 0) is 0 Å². The standard InChI is InChI=1S/C12H26Ge/c1-10-6-11(2)8-12(7-10)9-13(3,4)5/h10-12H,6-9H2,1-5H3/t10-,11+,12?. The fourth-order valence-corrected chi connectivity index (χ4v) is 7.48. The van der Waals surface area contributed by atoms with E-state index in [0.29, 0.717) is 0 Å². The Labute approximate surface area is 86.9 Å². The van der Waals surface area contributed by atoms with Gasteiger partial charge in [0.05, 0.1) is 0 Å². The van der Waals surface area contributed by atoms with E-state index in [1.807, 2.05) is 0 Å². The van der Waals surface area contributed by atoms with Crippen LogP contribution in [0.15, 0.2) is 0 Å². The van der Waals surface area contributed by atoms with Gasteiger partial charge in [0.1, 0.15) is 0 Å². The van der Waals surface area contributed by atoms with Crippen LogP contribution >= 0.6 is 0 Å². The molecule has 0 nitrogen and oxygen atoms in total. The Bertz CT molecular complexity index is 147. The zero-order valence-corrected chi connectivity index (χ0v) is 12.2. The van der Waals surface area contributed by atoms with Crippen LogP contribution in [0.1, 0.15) is 33.1 Å². The number of rotatable bonds is 2. The molecule has 0 aromatic carbocycles. The third-order valence-electron chi connectivity index (χ3n) is 3.18. The third kappa shape index (κ3) is 4.53. The van der Waals surface area contributed by atoms with E-state index >= 15 is 0 Å². The van der Waals surface area contributed by atoms with Crippen LogP contribution < -0.4 is 0 Å². The zero-order chi connectivity index (χ0) is 10.1. The summed E-state index contributed by atoms with van der Waals surface area (Å²) in [6.07, 6.45) is 4.52. The predicted molar refractivity (Wildman–Crippen MR) is 63.8 cm³/mol. The Morgan fingerprint density at radius 2 is 1.38 bits per heavy atom. The molecular formula is C12H26Ge. The van der Waals surface area contributed by atoms with Gasteiger partial charge >= 0.3 is 86.7 Å². The first-order valence-corrected chi connectivity index (χ1v) is 13.6. The Morgan fingerprint density at radius 3 is 1.77 bits per heavy atom. The molecule has 0 amide bonds. The van der Waals surface area contributed by atoms with Gasteiger partial charge in [0.25, 0.3) is 0 Å². The van der Waals surface area contributed by atoms with Crippen molar-refractivity contribution in [2.24, 2.45) is 17.8 Å². The summed E-state index contributed by atoms with van der Waals surface area (Å²) in [5, 5.41) is 1.61. The molecule has 0 spiro atoms. The van der Waals surface area contributed by atoms with Crippen LogP contribution in [0.4, 0.5) is 0 Å². The fraction of sp³-hybridized carbons (Fsp3) is 1.00. The second-order valence-corrected chi connectivity index (χ2v) is 18.1. The monoisotopic (exact) mass is 244 g/mol. The molecule has 0 bridgehead atoms. The molecule has 1 aliphatic carbocycles. The first-order chi connectivity index (χ1) is 5.87. The van der Waals surface area contributed by atoms with Crippen molar-refractivity contribution in [2.75, 3.05) is 0 Å². The zero-order valence-electron chi connectivity index (χ0n) is 10.1. The van der Waals surface area contributed by atoms with Crippen LogP contribution in [0.3, 0.4) is 0 Å². The van der Waals surface area contributed by atoms with Gasteiger partial charge in [-0.2, -0.15) is 0 Å². The average Bonchev–Trinajstić information content (AvgIpc) is 1.78. The average molecular weight is 243 g/mol. The molecule has 0 aromatic heterocycles. The Hall–Kier alpha value is 0.543. The maximum atomic E-state index is 2.56. The minimum absolute atomic E-state index is 0.999. The minimum atomic E-state index is -1.27. The van der Waals surface area contributed by atoms with E-state index in [-0.39, 0.29) is 0 Å². The molecule has 78 valence electrons. The molecule has 3 atom stereocenters. The summed E-state index contributed by atoms with van der Waals surface area (Å²) in [6, 6.07) is 0. The van der Waals surface area contributed by atoms with E-state index in [0.717, 1.165) is 17.8 Å². The van der Waals surface area contributed by atoms with Crippen molar-refractivity contribution < 1.29 is 0 Å². The maximum absolute atomic E-state index is 2.56. The van der Waals surface area contributed by atoms with E-state index in [9.17, 15) is 0 Å². The van der Waals surface area contributed by atoms with Crippen molar-refractivity contribution in [3.8, 4) is 0 Å². The molecule has 0 saturated heterocycles. The van der Waals surface area contributed by atoms with Crippen LogP contribution in [0.5, 0.6) is 0 Å². The molecule has 13 heavy (non-hydrogen) atoms. The molecule has 1 fully saturated rings. The summed E-state index contributed by atoms with van der Waals surface area (Å²) < 4.78 is 0. The van der Waals surface area contributed by atoms with Crippen LogP contribution in [0.2, 0.25) is 22.5 Å². The topological polar surface area (TPSA) is 0 Å². The quantitative estimate of drug-likeness (QED) is 0.630. The summed E-state index contributed by atoms with van der Waals surface area (Å²) >= 11 is -1.27. The molecule has 0 N–H and O–H groups in total. The molecule has 1 saturated carbocycles. The predicted octanol–water partition coefficient (Wildman–Crippen LogP) is 4.40. The molecule has 1 heteroatoms. The van der Waals surface area contributed by atoms with Gasteiger partial charge in [-0.15, -0.1) is 0 Å². The van der Waals surface area contributed by atoms with Gasteiger partial charge in [-0.05, 0) is 0 Å². The van der Waals surface area contributed by atoms with Crippen molar-refractivity contribution in [1.29, 1.82) is 0 Å². The summed E-state index contributed by atoms with van der Waals surface area (Å²) in [5.41, 5.74) is 0. The third-order valence-corrected chi connectivity index (χ3v) is 6.96. The Balaban J connectivity index is 2.42. The van der Waals surface area contributed by atoms with E-state index < -0.39 is 13.3 Å². The van der Waals surface area contributed by atoms with Gasteiger partial charge in [-0.3, -0.25) is 0 Å². The normalized spacial score (nSPS) is 36.2. The first kappa shape index (κ1) is 11.6. The molecule has 0 aliphatic heterocycles. The SMILES string of the molecule is C[C@@H]1CC([CH2][Ge]([CH3])([CH3])[CH3])C[C@H](C)C1. The first-order valence-electron chi connectivity index (χ1n) is 5.87. The van der Waals surface area contributed by atoms with Crippen LogP contribution in [-0.4, -0.2) is 13.3 Å². The summed E-state index contributed by atoms with van der Waals surface area (Å²) in [4.78, 5) is 0. The van der Waals surface area contributed by atoms with Crippen LogP contribution in [0.25, 0.3) is 0 Å². The molecule has 0 heterocycles. The van der Waals surface area contributed by atoms with Crippen molar-refractivity contribution in [1.82, 2.24) is 0 Å². The van der Waals surface area contributed by atoms with Gasteiger partial charge in [0.15, 0.2) is 0 Å². The Morgan fingerprint density at radius 1 is 0.923 bits per heavy atom. The van der Waals surface area contributed by atoms with Gasteiger partial charge in [0, 0.05) is 0 Å². The van der Waals surface area contributed by atoms with E-state index in [1.165, 1.54) is 19.3 Å². The molecule has 0 radical (unpaired) electrons. The van der Waals surface area contributed by atoms with Gasteiger partial charge < -0.3 is 0 Å². The van der Waals surface area contributed by atoms with Crippen molar-refractivity contribution in [3.63, 3.8) is 0 Å². The second kappa shape index (κ2) is 4.38. The summed E-state index contributed by atoms with van der Waals surface area (Å²) in [5.74, 6) is 10.8. The van der Waals surface area contributed by atoms with Crippen molar-refractivity contribution in [3.05, 3.63) is 0 Å². The van der Waals surface area contributed by atoms with Crippen LogP contribution in [0, 0.1) is 17.8 Å². The molecule has 0 aromatic rings.